The lowest BCUT2D eigenvalue weighted by atomic mass is 9.93. The largest absolute Gasteiger partial charge is 0.435 e. The second-order valence-electron chi connectivity index (χ2n) is 4.90. The van der Waals surface area contributed by atoms with Crippen LogP contribution in [0.5, 0.6) is 0 Å². The Hall–Kier alpha value is -1.04. The first kappa shape index (κ1) is 13.4. The summed E-state index contributed by atoms with van der Waals surface area (Å²) in [7, 11) is 0. The maximum absolute atomic E-state index is 12.5. The molecule has 0 amide bonds. The summed E-state index contributed by atoms with van der Waals surface area (Å²) in [4.78, 5) is 0. The zero-order valence-electron chi connectivity index (χ0n) is 10.2. The van der Waals surface area contributed by atoms with Gasteiger partial charge in [0.1, 0.15) is 0 Å². The third kappa shape index (κ3) is 3.04. The molecule has 0 saturated heterocycles. The van der Waals surface area contributed by atoms with Crippen LogP contribution < -0.4 is 5.73 Å². The van der Waals surface area contributed by atoms with E-state index in [1.54, 1.807) is 0 Å². The van der Waals surface area contributed by atoms with E-state index in [9.17, 15) is 13.2 Å². The molecule has 6 heteroatoms. The second kappa shape index (κ2) is 5.30. The molecule has 18 heavy (non-hydrogen) atoms. The van der Waals surface area contributed by atoms with Crippen molar-refractivity contribution in [1.82, 2.24) is 9.78 Å². The Balaban J connectivity index is 2.15. The van der Waals surface area contributed by atoms with Crippen molar-refractivity contribution in [3.8, 4) is 0 Å². The van der Waals surface area contributed by atoms with Crippen molar-refractivity contribution in [1.29, 1.82) is 0 Å². The first-order chi connectivity index (χ1) is 8.48. The van der Waals surface area contributed by atoms with Crippen molar-refractivity contribution in [3.63, 3.8) is 0 Å². The molecule has 2 unspecified atom stereocenters. The standard InChI is InChI=1S/C12H18F3N3/c13-12(14,15)11-7-8-18(17-11)10-6-4-2-1-3-5-9(10)16/h7-10H,1-6,16H2. The number of nitrogens with two attached hydrogens (primary N) is 1. The Morgan fingerprint density at radius 2 is 1.83 bits per heavy atom. The molecule has 0 aliphatic heterocycles. The highest BCUT2D eigenvalue weighted by molar-refractivity contribution is 5.04. The van der Waals surface area contributed by atoms with E-state index in [1.807, 2.05) is 0 Å². The Morgan fingerprint density at radius 1 is 1.17 bits per heavy atom. The molecular weight excluding hydrogens is 243 g/mol. The first-order valence-corrected chi connectivity index (χ1v) is 6.36. The molecule has 0 aromatic carbocycles. The number of alkyl halides is 3. The summed E-state index contributed by atoms with van der Waals surface area (Å²) in [6, 6.07) is 0.804. The fourth-order valence-electron chi connectivity index (χ4n) is 2.50. The van der Waals surface area contributed by atoms with Crippen LogP contribution in [0, 0.1) is 0 Å². The van der Waals surface area contributed by atoms with Crippen LogP contribution in [0.2, 0.25) is 0 Å². The number of nitrogens with zero attached hydrogens (tertiary/aromatic N) is 2. The van der Waals surface area contributed by atoms with E-state index in [2.05, 4.69) is 5.10 Å². The van der Waals surface area contributed by atoms with Gasteiger partial charge in [0, 0.05) is 12.2 Å². The smallest absolute Gasteiger partial charge is 0.326 e. The second-order valence-corrected chi connectivity index (χ2v) is 4.90. The molecule has 0 bridgehead atoms. The lowest BCUT2D eigenvalue weighted by Gasteiger charge is -2.26. The lowest BCUT2D eigenvalue weighted by molar-refractivity contribution is -0.141. The normalized spacial score (nSPS) is 26.7. The van der Waals surface area contributed by atoms with Crippen LogP contribution in [0.1, 0.15) is 50.3 Å². The fourth-order valence-corrected chi connectivity index (χ4v) is 2.50. The minimum atomic E-state index is -4.38. The molecular formula is C12H18F3N3. The number of rotatable bonds is 1. The molecule has 2 N–H and O–H groups in total. The highest BCUT2D eigenvalue weighted by atomic mass is 19.4. The Bertz CT molecular complexity index is 386. The topological polar surface area (TPSA) is 43.8 Å². The van der Waals surface area contributed by atoms with Gasteiger partial charge in [-0.25, -0.2) is 0 Å². The minimum absolute atomic E-state index is 0.105. The molecule has 1 saturated carbocycles. The molecule has 1 aromatic heterocycles. The summed E-state index contributed by atoms with van der Waals surface area (Å²) < 4.78 is 38.9. The van der Waals surface area contributed by atoms with Crippen LogP contribution in [0.25, 0.3) is 0 Å². The highest BCUT2D eigenvalue weighted by Crippen LogP contribution is 2.30. The van der Waals surface area contributed by atoms with Crippen LogP contribution in [-0.2, 0) is 6.18 Å². The van der Waals surface area contributed by atoms with Crippen LogP contribution in [0.15, 0.2) is 12.3 Å². The zero-order valence-corrected chi connectivity index (χ0v) is 10.2. The number of hydrogen-bond donors (Lipinski definition) is 1. The minimum Gasteiger partial charge on any atom is -0.326 e. The first-order valence-electron chi connectivity index (χ1n) is 6.36. The predicted molar refractivity (Wildman–Crippen MR) is 61.9 cm³/mol. The predicted octanol–water partition coefficient (Wildman–Crippen LogP) is 3.12. The van der Waals surface area contributed by atoms with Gasteiger partial charge < -0.3 is 5.73 Å². The van der Waals surface area contributed by atoms with Crippen LogP contribution >= 0.6 is 0 Å². The third-order valence-corrected chi connectivity index (χ3v) is 3.52. The van der Waals surface area contributed by atoms with Crippen molar-refractivity contribution in [2.24, 2.45) is 5.73 Å². The van der Waals surface area contributed by atoms with E-state index in [-0.39, 0.29) is 12.1 Å². The number of hydrogen-bond acceptors (Lipinski definition) is 2. The Kier molecular flexibility index (Phi) is 3.94. The van der Waals surface area contributed by atoms with Gasteiger partial charge in [0.2, 0.25) is 0 Å². The van der Waals surface area contributed by atoms with Crippen LogP contribution in [-0.4, -0.2) is 15.8 Å². The van der Waals surface area contributed by atoms with Crippen molar-refractivity contribution >= 4 is 0 Å². The molecule has 1 aliphatic carbocycles. The van der Waals surface area contributed by atoms with Gasteiger partial charge in [-0.15, -0.1) is 0 Å². The Morgan fingerprint density at radius 3 is 2.44 bits per heavy atom. The average Bonchev–Trinajstić information content (AvgIpc) is 2.72. The van der Waals surface area contributed by atoms with Crippen molar-refractivity contribution in [2.45, 2.75) is 56.8 Å². The maximum atomic E-state index is 12.5. The van der Waals surface area contributed by atoms with Crippen molar-refractivity contribution in [3.05, 3.63) is 18.0 Å². The third-order valence-electron chi connectivity index (χ3n) is 3.52. The van der Waals surface area contributed by atoms with Gasteiger partial charge in [0.25, 0.3) is 0 Å². The molecule has 1 heterocycles. The van der Waals surface area contributed by atoms with E-state index >= 15 is 0 Å². The summed E-state index contributed by atoms with van der Waals surface area (Å²) in [5.41, 5.74) is 5.22. The molecule has 1 fully saturated rings. The molecule has 1 aromatic rings. The van der Waals surface area contributed by atoms with Gasteiger partial charge in [-0.2, -0.15) is 18.3 Å². The average molecular weight is 261 g/mol. The summed E-state index contributed by atoms with van der Waals surface area (Å²) in [5, 5.41) is 3.64. The fraction of sp³-hybridized carbons (Fsp3) is 0.750. The Labute approximate surface area is 104 Å². The number of halogens is 3. The van der Waals surface area contributed by atoms with Gasteiger partial charge in [-0.05, 0) is 18.9 Å². The molecule has 102 valence electrons. The molecule has 1 aliphatic rings. The quantitative estimate of drug-likeness (QED) is 0.844. The highest BCUT2D eigenvalue weighted by Gasteiger charge is 2.34. The van der Waals surface area contributed by atoms with Gasteiger partial charge in [-0.1, -0.05) is 25.7 Å². The van der Waals surface area contributed by atoms with Gasteiger partial charge in [-0.3, -0.25) is 4.68 Å². The number of aromatic nitrogens is 2. The van der Waals surface area contributed by atoms with Crippen molar-refractivity contribution in [2.75, 3.05) is 0 Å². The van der Waals surface area contributed by atoms with Crippen molar-refractivity contribution < 1.29 is 13.2 Å². The van der Waals surface area contributed by atoms with Crippen LogP contribution in [0.3, 0.4) is 0 Å². The maximum Gasteiger partial charge on any atom is 0.435 e. The van der Waals surface area contributed by atoms with E-state index in [4.69, 9.17) is 5.73 Å². The lowest BCUT2D eigenvalue weighted by Crippen LogP contribution is -2.33. The molecule has 2 atom stereocenters. The van der Waals surface area contributed by atoms with E-state index in [0.29, 0.717) is 0 Å². The van der Waals surface area contributed by atoms with E-state index in [1.165, 1.54) is 10.9 Å². The molecule has 2 rings (SSSR count). The molecule has 0 radical (unpaired) electrons. The zero-order chi connectivity index (χ0) is 13.2. The molecule has 0 spiro atoms. The monoisotopic (exact) mass is 261 g/mol. The van der Waals surface area contributed by atoms with Gasteiger partial charge >= 0.3 is 6.18 Å². The van der Waals surface area contributed by atoms with E-state index in [0.717, 1.165) is 44.6 Å². The summed E-state index contributed by atoms with van der Waals surface area (Å²) in [6.07, 6.45) is 3.01. The van der Waals surface area contributed by atoms with Gasteiger partial charge in [0.15, 0.2) is 5.69 Å². The van der Waals surface area contributed by atoms with E-state index < -0.39 is 11.9 Å². The SMILES string of the molecule is NC1CCCCCCC1n1ccc(C(F)(F)F)n1. The van der Waals surface area contributed by atoms with Crippen LogP contribution in [0.4, 0.5) is 13.2 Å². The summed E-state index contributed by atoms with van der Waals surface area (Å²) in [6.45, 7) is 0. The summed E-state index contributed by atoms with van der Waals surface area (Å²) >= 11 is 0. The molecule has 3 nitrogen and oxygen atoms in total. The van der Waals surface area contributed by atoms with Gasteiger partial charge in [0.05, 0.1) is 6.04 Å². The summed E-state index contributed by atoms with van der Waals surface area (Å²) in [5.74, 6) is 0.